The Bertz CT molecular complexity index is 782. The van der Waals surface area contributed by atoms with Crippen LogP contribution in [0.2, 0.25) is 0 Å². The molecule has 4 nitrogen and oxygen atoms in total. The molecule has 0 bridgehead atoms. The zero-order valence-corrected chi connectivity index (χ0v) is 15.1. The van der Waals surface area contributed by atoms with Gasteiger partial charge in [0.05, 0.1) is 4.88 Å². The summed E-state index contributed by atoms with van der Waals surface area (Å²) < 4.78 is 2.13. The van der Waals surface area contributed by atoms with E-state index in [1.165, 1.54) is 0 Å². The summed E-state index contributed by atoms with van der Waals surface area (Å²) >= 11 is 3.34. The Morgan fingerprint density at radius 1 is 1.17 bits per heavy atom. The van der Waals surface area contributed by atoms with E-state index in [9.17, 15) is 4.79 Å². The lowest BCUT2D eigenvalue weighted by Crippen LogP contribution is -2.01. The summed E-state index contributed by atoms with van der Waals surface area (Å²) in [4.78, 5) is 13.2. The number of nitrogens with zero attached hydrogens (tertiary/aromatic N) is 3. The number of carbonyl (C=O) groups excluding carboxylic acids is 1. The summed E-state index contributed by atoms with van der Waals surface area (Å²) in [7, 11) is 0. The number of thiophene rings is 1. The largest absolute Gasteiger partial charge is 0.302 e. The van der Waals surface area contributed by atoms with Gasteiger partial charge in [-0.05, 0) is 24.8 Å². The van der Waals surface area contributed by atoms with Crippen LogP contribution in [0.1, 0.15) is 30.1 Å². The fourth-order valence-electron chi connectivity index (χ4n) is 2.43. The minimum Gasteiger partial charge on any atom is -0.302 e. The number of Topliss-reactive ketones (excluding diaryl/α,β-unsaturated/α-hetero) is 1. The predicted molar refractivity (Wildman–Crippen MR) is 99.7 cm³/mol. The van der Waals surface area contributed by atoms with Gasteiger partial charge in [0.1, 0.15) is 0 Å². The number of hydrogen-bond acceptors (Lipinski definition) is 5. The van der Waals surface area contributed by atoms with Crippen molar-refractivity contribution in [3.63, 3.8) is 0 Å². The number of aromatic nitrogens is 3. The lowest BCUT2D eigenvalue weighted by Gasteiger charge is -2.06. The van der Waals surface area contributed by atoms with Gasteiger partial charge in [0, 0.05) is 24.3 Å². The van der Waals surface area contributed by atoms with Crippen LogP contribution in [0.15, 0.2) is 53.0 Å². The van der Waals surface area contributed by atoms with Crippen LogP contribution in [0.4, 0.5) is 0 Å². The van der Waals surface area contributed by atoms with Crippen LogP contribution >= 0.6 is 23.1 Å². The van der Waals surface area contributed by atoms with Gasteiger partial charge in [0.25, 0.3) is 0 Å². The third kappa shape index (κ3) is 3.94. The molecule has 2 aromatic heterocycles. The second-order valence-electron chi connectivity index (χ2n) is 5.27. The van der Waals surface area contributed by atoms with Crippen molar-refractivity contribution in [3.05, 3.63) is 53.4 Å². The van der Waals surface area contributed by atoms with Crippen molar-refractivity contribution < 1.29 is 4.79 Å². The van der Waals surface area contributed by atoms with E-state index < -0.39 is 0 Å². The SMILES string of the molecule is CCn1c(SCCCC(=O)c2ccccc2)nnc1-c1cccs1. The van der Waals surface area contributed by atoms with Crippen LogP contribution in [-0.4, -0.2) is 26.3 Å². The molecule has 3 rings (SSSR count). The minimum atomic E-state index is 0.201. The molecular weight excluding hydrogens is 338 g/mol. The molecule has 0 saturated heterocycles. The molecular formula is C18H19N3OS2. The fourth-order valence-corrected chi connectivity index (χ4v) is 4.09. The number of ketones is 1. The van der Waals surface area contributed by atoms with Gasteiger partial charge in [-0.15, -0.1) is 21.5 Å². The van der Waals surface area contributed by atoms with Crippen molar-refractivity contribution in [3.8, 4) is 10.7 Å². The number of hydrogen-bond donors (Lipinski definition) is 0. The van der Waals surface area contributed by atoms with Crippen molar-refractivity contribution in [2.45, 2.75) is 31.5 Å². The lowest BCUT2D eigenvalue weighted by atomic mass is 10.1. The first-order chi connectivity index (χ1) is 11.8. The van der Waals surface area contributed by atoms with Crippen molar-refractivity contribution >= 4 is 28.9 Å². The summed E-state index contributed by atoms with van der Waals surface area (Å²) in [6, 6.07) is 13.6. The van der Waals surface area contributed by atoms with E-state index in [2.05, 4.69) is 27.8 Å². The first kappa shape index (κ1) is 16.9. The number of thioether (sulfide) groups is 1. The molecule has 6 heteroatoms. The van der Waals surface area contributed by atoms with E-state index in [0.29, 0.717) is 6.42 Å². The van der Waals surface area contributed by atoms with Crippen molar-refractivity contribution in [1.29, 1.82) is 0 Å². The molecule has 0 saturated carbocycles. The quantitative estimate of drug-likeness (QED) is 0.331. The van der Waals surface area contributed by atoms with Crippen molar-refractivity contribution in [2.24, 2.45) is 0 Å². The number of rotatable bonds is 8. The Hall–Kier alpha value is -1.92. The molecule has 0 fully saturated rings. The number of benzene rings is 1. The topological polar surface area (TPSA) is 47.8 Å². The van der Waals surface area contributed by atoms with E-state index in [1.807, 2.05) is 41.8 Å². The standard InChI is InChI=1S/C18H19N3OS2/c1-2-21-17(16-11-7-12-23-16)19-20-18(21)24-13-6-10-15(22)14-8-4-3-5-9-14/h3-5,7-9,11-12H,2,6,10,13H2,1H3. The van der Waals surface area contributed by atoms with Crippen molar-refractivity contribution in [1.82, 2.24) is 14.8 Å². The van der Waals surface area contributed by atoms with Gasteiger partial charge in [0.15, 0.2) is 16.8 Å². The summed E-state index contributed by atoms with van der Waals surface area (Å²) in [6.07, 6.45) is 1.40. The van der Waals surface area contributed by atoms with Crippen LogP contribution in [0.25, 0.3) is 10.7 Å². The van der Waals surface area contributed by atoms with Gasteiger partial charge < -0.3 is 4.57 Å². The highest BCUT2D eigenvalue weighted by Crippen LogP contribution is 2.27. The molecule has 0 unspecified atom stereocenters. The molecule has 2 heterocycles. The Morgan fingerprint density at radius 2 is 2.00 bits per heavy atom. The molecule has 0 spiro atoms. The van der Waals surface area contributed by atoms with Gasteiger partial charge in [-0.25, -0.2) is 0 Å². The van der Waals surface area contributed by atoms with Crippen LogP contribution in [0.3, 0.4) is 0 Å². The number of carbonyl (C=O) groups is 1. The highest BCUT2D eigenvalue weighted by Gasteiger charge is 2.14. The van der Waals surface area contributed by atoms with Crippen LogP contribution < -0.4 is 0 Å². The van der Waals surface area contributed by atoms with Gasteiger partial charge in [-0.2, -0.15) is 0 Å². The Labute approximate surface area is 149 Å². The molecule has 0 amide bonds. The second kappa shape index (κ2) is 8.26. The molecule has 0 aliphatic rings. The minimum absolute atomic E-state index is 0.201. The van der Waals surface area contributed by atoms with Crippen LogP contribution in [-0.2, 0) is 6.54 Å². The lowest BCUT2D eigenvalue weighted by molar-refractivity contribution is 0.0982. The molecule has 24 heavy (non-hydrogen) atoms. The van der Waals surface area contributed by atoms with Crippen molar-refractivity contribution in [2.75, 3.05) is 5.75 Å². The fraction of sp³-hybridized carbons (Fsp3) is 0.278. The summed E-state index contributed by atoms with van der Waals surface area (Å²) in [5, 5.41) is 11.6. The third-order valence-electron chi connectivity index (χ3n) is 3.65. The van der Waals surface area contributed by atoms with E-state index in [1.54, 1.807) is 23.1 Å². The molecule has 3 aromatic rings. The Kier molecular flexibility index (Phi) is 5.82. The summed E-state index contributed by atoms with van der Waals surface area (Å²) in [6.45, 7) is 2.94. The van der Waals surface area contributed by atoms with Gasteiger partial charge in [-0.3, -0.25) is 4.79 Å². The third-order valence-corrected chi connectivity index (χ3v) is 5.57. The van der Waals surface area contributed by atoms with Crippen LogP contribution in [0, 0.1) is 0 Å². The molecule has 0 N–H and O–H groups in total. The van der Waals surface area contributed by atoms with Crippen LogP contribution in [0.5, 0.6) is 0 Å². The maximum absolute atomic E-state index is 12.1. The first-order valence-corrected chi connectivity index (χ1v) is 9.84. The zero-order chi connectivity index (χ0) is 16.8. The van der Waals surface area contributed by atoms with E-state index in [-0.39, 0.29) is 5.78 Å². The maximum Gasteiger partial charge on any atom is 0.191 e. The average Bonchev–Trinajstić information content (AvgIpc) is 3.28. The highest BCUT2D eigenvalue weighted by molar-refractivity contribution is 7.99. The molecule has 0 aliphatic carbocycles. The Balaban J connectivity index is 1.55. The summed E-state index contributed by atoms with van der Waals surface area (Å²) in [5.41, 5.74) is 0.791. The molecule has 0 atom stereocenters. The smallest absolute Gasteiger partial charge is 0.191 e. The monoisotopic (exact) mass is 357 g/mol. The second-order valence-corrected chi connectivity index (χ2v) is 7.28. The average molecular weight is 358 g/mol. The van der Waals surface area contributed by atoms with E-state index in [4.69, 9.17) is 0 Å². The molecule has 0 radical (unpaired) electrons. The molecule has 1 aromatic carbocycles. The van der Waals surface area contributed by atoms with E-state index in [0.717, 1.165) is 40.1 Å². The van der Waals surface area contributed by atoms with Gasteiger partial charge in [0.2, 0.25) is 0 Å². The van der Waals surface area contributed by atoms with E-state index >= 15 is 0 Å². The Morgan fingerprint density at radius 3 is 2.71 bits per heavy atom. The first-order valence-electron chi connectivity index (χ1n) is 7.97. The maximum atomic E-state index is 12.1. The highest BCUT2D eigenvalue weighted by atomic mass is 32.2. The van der Waals surface area contributed by atoms with Gasteiger partial charge >= 0.3 is 0 Å². The predicted octanol–water partition coefficient (Wildman–Crippen LogP) is 4.78. The summed E-state index contributed by atoms with van der Waals surface area (Å²) in [5.74, 6) is 1.99. The molecule has 124 valence electrons. The normalized spacial score (nSPS) is 10.9. The zero-order valence-electron chi connectivity index (χ0n) is 13.5. The molecule has 0 aliphatic heterocycles. The van der Waals surface area contributed by atoms with Gasteiger partial charge in [-0.1, -0.05) is 48.2 Å².